The molecule has 0 fully saturated rings. The number of phenols is 1. The SMILES string of the molecule is COc1cc(C=Nc2ccc3c(c2)OCCO3)ccc1O. The first kappa shape index (κ1) is 13.3. The topological polar surface area (TPSA) is 60.3 Å². The van der Waals surface area contributed by atoms with Crippen molar-refractivity contribution in [3.05, 3.63) is 42.0 Å². The highest BCUT2D eigenvalue weighted by atomic mass is 16.6. The zero-order chi connectivity index (χ0) is 14.7. The maximum absolute atomic E-state index is 9.55. The van der Waals surface area contributed by atoms with E-state index in [2.05, 4.69) is 4.99 Å². The lowest BCUT2D eigenvalue weighted by molar-refractivity contribution is 0.171. The number of rotatable bonds is 3. The highest BCUT2D eigenvalue weighted by Crippen LogP contribution is 2.33. The molecule has 0 amide bonds. The number of aliphatic imine (C=N–C) groups is 1. The van der Waals surface area contributed by atoms with Crippen LogP contribution in [0, 0.1) is 0 Å². The highest BCUT2D eigenvalue weighted by molar-refractivity contribution is 5.83. The smallest absolute Gasteiger partial charge is 0.163 e. The van der Waals surface area contributed by atoms with E-state index in [0.717, 1.165) is 17.0 Å². The first-order chi connectivity index (χ1) is 10.3. The standard InChI is InChI=1S/C16H15NO4/c1-19-15-8-11(2-4-13(15)18)10-17-12-3-5-14-16(9-12)21-7-6-20-14/h2-5,8-10,18H,6-7H2,1H3. The number of nitrogens with zero attached hydrogens (tertiary/aromatic N) is 1. The van der Waals surface area contributed by atoms with Gasteiger partial charge >= 0.3 is 0 Å². The van der Waals surface area contributed by atoms with Gasteiger partial charge in [-0.2, -0.15) is 0 Å². The molecule has 1 heterocycles. The molecule has 21 heavy (non-hydrogen) atoms. The number of phenolic OH excluding ortho intramolecular Hbond substituents is 1. The number of hydrogen-bond donors (Lipinski definition) is 1. The fraction of sp³-hybridized carbons (Fsp3) is 0.188. The molecule has 0 aromatic heterocycles. The summed E-state index contributed by atoms with van der Waals surface area (Å²) in [5.74, 6) is 1.97. The van der Waals surface area contributed by atoms with Gasteiger partial charge in [-0.1, -0.05) is 0 Å². The van der Waals surface area contributed by atoms with Gasteiger partial charge < -0.3 is 19.3 Å². The van der Waals surface area contributed by atoms with Crippen LogP contribution in [0.15, 0.2) is 41.4 Å². The first-order valence-corrected chi connectivity index (χ1v) is 6.57. The van der Waals surface area contributed by atoms with Crippen LogP contribution in [0.25, 0.3) is 0 Å². The summed E-state index contributed by atoms with van der Waals surface area (Å²) in [6.07, 6.45) is 1.70. The van der Waals surface area contributed by atoms with E-state index in [1.807, 2.05) is 18.2 Å². The molecule has 0 saturated heterocycles. The first-order valence-electron chi connectivity index (χ1n) is 6.57. The second-order valence-electron chi connectivity index (χ2n) is 4.52. The van der Waals surface area contributed by atoms with Gasteiger partial charge in [0.2, 0.25) is 0 Å². The van der Waals surface area contributed by atoms with Crippen LogP contribution in [-0.2, 0) is 0 Å². The quantitative estimate of drug-likeness (QED) is 0.881. The van der Waals surface area contributed by atoms with Gasteiger partial charge in [0.05, 0.1) is 12.8 Å². The van der Waals surface area contributed by atoms with Crippen LogP contribution in [0.1, 0.15) is 5.56 Å². The lowest BCUT2D eigenvalue weighted by atomic mass is 10.2. The van der Waals surface area contributed by atoms with Crippen molar-refractivity contribution in [2.45, 2.75) is 0 Å². The van der Waals surface area contributed by atoms with E-state index in [1.54, 1.807) is 24.4 Å². The molecule has 0 atom stereocenters. The van der Waals surface area contributed by atoms with Crippen molar-refractivity contribution < 1.29 is 19.3 Å². The largest absolute Gasteiger partial charge is 0.504 e. The van der Waals surface area contributed by atoms with E-state index in [1.165, 1.54) is 7.11 Å². The normalized spacial score (nSPS) is 13.4. The molecule has 1 aliphatic rings. The van der Waals surface area contributed by atoms with Gasteiger partial charge in [-0.15, -0.1) is 0 Å². The number of ether oxygens (including phenoxy) is 3. The fourth-order valence-corrected chi connectivity index (χ4v) is 2.04. The fourth-order valence-electron chi connectivity index (χ4n) is 2.04. The van der Waals surface area contributed by atoms with E-state index in [9.17, 15) is 5.11 Å². The lowest BCUT2D eigenvalue weighted by Gasteiger charge is -2.18. The van der Waals surface area contributed by atoms with E-state index in [0.29, 0.717) is 24.7 Å². The Hall–Kier alpha value is -2.69. The maximum Gasteiger partial charge on any atom is 0.163 e. The predicted molar refractivity (Wildman–Crippen MR) is 79.3 cm³/mol. The molecule has 0 bridgehead atoms. The van der Waals surface area contributed by atoms with Gasteiger partial charge in [0.1, 0.15) is 13.2 Å². The molecular weight excluding hydrogens is 270 g/mol. The van der Waals surface area contributed by atoms with Gasteiger partial charge in [0.25, 0.3) is 0 Å². The number of fused-ring (bicyclic) bond motifs is 1. The Morgan fingerprint density at radius 2 is 1.90 bits per heavy atom. The molecule has 108 valence electrons. The third-order valence-electron chi connectivity index (χ3n) is 3.09. The number of hydrogen-bond acceptors (Lipinski definition) is 5. The monoisotopic (exact) mass is 285 g/mol. The van der Waals surface area contributed by atoms with Crippen molar-refractivity contribution >= 4 is 11.9 Å². The minimum Gasteiger partial charge on any atom is -0.504 e. The predicted octanol–water partition coefficient (Wildman–Crippen LogP) is 2.92. The van der Waals surface area contributed by atoms with Crippen molar-refractivity contribution in [2.24, 2.45) is 4.99 Å². The summed E-state index contributed by atoms with van der Waals surface area (Å²) in [6, 6.07) is 10.6. The Balaban J connectivity index is 1.82. The van der Waals surface area contributed by atoms with Crippen LogP contribution in [0.4, 0.5) is 5.69 Å². The molecule has 0 spiro atoms. The van der Waals surface area contributed by atoms with Gasteiger partial charge in [0.15, 0.2) is 23.0 Å². The summed E-state index contributed by atoms with van der Waals surface area (Å²) in [6.45, 7) is 1.12. The average molecular weight is 285 g/mol. The van der Waals surface area contributed by atoms with Gasteiger partial charge in [-0.25, -0.2) is 0 Å². The van der Waals surface area contributed by atoms with Crippen molar-refractivity contribution in [1.29, 1.82) is 0 Å². The van der Waals surface area contributed by atoms with E-state index < -0.39 is 0 Å². The summed E-state index contributed by atoms with van der Waals surface area (Å²) < 4.78 is 16.0. The second kappa shape index (κ2) is 5.75. The van der Waals surface area contributed by atoms with Gasteiger partial charge in [-0.3, -0.25) is 4.99 Å². The van der Waals surface area contributed by atoms with Crippen LogP contribution >= 0.6 is 0 Å². The number of methoxy groups -OCH3 is 1. The number of benzene rings is 2. The molecule has 0 saturated carbocycles. The molecule has 0 radical (unpaired) electrons. The van der Waals surface area contributed by atoms with E-state index >= 15 is 0 Å². The molecular formula is C16H15NO4. The van der Waals surface area contributed by atoms with Crippen molar-refractivity contribution in [1.82, 2.24) is 0 Å². The molecule has 1 N–H and O–H groups in total. The maximum atomic E-state index is 9.55. The summed E-state index contributed by atoms with van der Waals surface area (Å²) in [4.78, 5) is 4.39. The van der Waals surface area contributed by atoms with Crippen LogP contribution in [-0.4, -0.2) is 31.6 Å². The summed E-state index contributed by atoms with van der Waals surface area (Å²) >= 11 is 0. The third kappa shape index (κ3) is 2.91. The van der Waals surface area contributed by atoms with Crippen LogP contribution in [0.5, 0.6) is 23.0 Å². The van der Waals surface area contributed by atoms with Crippen LogP contribution < -0.4 is 14.2 Å². The third-order valence-corrected chi connectivity index (χ3v) is 3.09. The molecule has 2 aromatic rings. The minimum atomic E-state index is 0.106. The van der Waals surface area contributed by atoms with Crippen LogP contribution in [0.3, 0.4) is 0 Å². The minimum absolute atomic E-state index is 0.106. The van der Waals surface area contributed by atoms with Gasteiger partial charge in [-0.05, 0) is 35.9 Å². The van der Waals surface area contributed by atoms with Crippen molar-refractivity contribution in [3.63, 3.8) is 0 Å². The van der Waals surface area contributed by atoms with Crippen molar-refractivity contribution in [2.75, 3.05) is 20.3 Å². The molecule has 5 heteroatoms. The Morgan fingerprint density at radius 1 is 1.10 bits per heavy atom. The Kier molecular flexibility index (Phi) is 3.64. The molecule has 2 aromatic carbocycles. The Labute approximate surface area is 122 Å². The van der Waals surface area contributed by atoms with Crippen molar-refractivity contribution in [3.8, 4) is 23.0 Å². The van der Waals surface area contributed by atoms with Gasteiger partial charge in [0, 0.05) is 12.3 Å². The summed E-state index contributed by atoms with van der Waals surface area (Å²) in [5.41, 5.74) is 1.60. The number of aromatic hydroxyl groups is 1. The highest BCUT2D eigenvalue weighted by Gasteiger charge is 2.11. The molecule has 1 aliphatic heterocycles. The van der Waals surface area contributed by atoms with Crippen LogP contribution in [0.2, 0.25) is 0 Å². The molecule has 0 unspecified atom stereocenters. The summed E-state index contributed by atoms with van der Waals surface area (Å²) in [7, 11) is 1.51. The van der Waals surface area contributed by atoms with E-state index in [4.69, 9.17) is 14.2 Å². The second-order valence-corrected chi connectivity index (χ2v) is 4.52. The van der Waals surface area contributed by atoms with E-state index in [-0.39, 0.29) is 5.75 Å². The average Bonchev–Trinajstić information content (AvgIpc) is 2.54. The molecule has 5 nitrogen and oxygen atoms in total. The zero-order valence-electron chi connectivity index (χ0n) is 11.6. The summed E-state index contributed by atoms with van der Waals surface area (Å²) in [5, 5.41) is 9.55. The Morgan fingerprint density at radius 3 is 2.71 bits per heavy atom. The molecule has 0 aliphatic carbocycles. The Bertz CT molecular complexity index is 682. The lowest BCUT2D eigenvalue weighted by Crippen LogP contribution is -2.14. The molecule has 3 rings (SSSR count). The zero-order valence-corrected chi connectivity index (χ0v) is 11.6.